The Morgan fingerprint density at radius 3 is 1.03 bits per heavy atom. The Kier molecular flexibility index (Phi) is 30.7. The average molecular weight is 1740 g/mol. The first-order valence-electron chi connectivity index (χ1n) is 38.3. The largest absolute Gasteiger partial charge is 0.489 e. The Morgan fingerprint density at radius 1 is 0.424 bits per heavy atom. The summed E-state index contributed by atoms with van der Waals surface area (Å²) in [6, 6.07) is 21.1. The van der Waals surface area contributed by atoms with Crippen molar-refractivity contribution in [3.8, 4) is 28.7 Å². The second-order valence-electron chi connectivity index (χ2n) is 29.9. The number of sulfone groups is 1. The summed E-state index contributed by atoms with van der Waals surface area (Å²) in [7, 11) is -3.70. The molecule has 0 radical (unpaired) electrons. The van der Waals surface area contributed by atoms with Gasteiger partial charge in [0, 0.05) is 181 Å². The Morgan fingerprint density at radius 2 is 0.746 bits per heavy atom. The molecule has 622 valence electrons. The lowest BCUT2D eigenvalue weighted by atomic mass is 10.1. The molecule has 10 aromatic rings. The van der Waals surface area contributed by atoms with Crippen molar-refractivity contribution in [3.05, 3.63) is 212 Å². The second-order valence-corrected chi connectivity index (χ2v) is 38.5. The number of hydrogen-bond acceptors (Lipinski definition) is 30. The summed E-state index contributed by atoms with van der Waals surface area (Å²) >= 11 is 7.82. The third-order valence-electron chi connectivity index (χ3n) is 18.1. The normalized spacial score (nSPS) is 16.0. The van der Waals surface area contributed by atoms with Crippen molar-refractivity contribution in [1.82, 2.24) is 59.6 Å². The van der Waals surface area contributed by atoms with Crippen molar-refractivity contribution in [3.63, 3.8) is 0 Å². The molecule has 15 rings (SSSR count). The molecule has 2 amide bonds. The van der Waals surface area contributed by atoms with Crippen LogP contribution in [0.4, 0.5) is 0 Å². The van der Waals surface area contributed by atoms with E-state index in [-0.39, 0.29) is 108 Å². The number of likely N-dealkylation sites (tertiary alicyclic amines) is 2. The number of Topliss-reactive ketones (excluding diaryl/α,β-unsaturated/α-hetero) is 5. The Labute approximate surface area is 708 Å². The molecule has 118 heavy (non-hydrogen) atoms. The number of aromatic nitrogens is 10. The summed E-state index contributed by atoms with van der Waals surface area (Å²) in [5.74, 6) is 6.47. The van der Waals surface area contributed by atoms with Gasteiger partial charge in [-0.05, 0) is 86.8 Å². The Hall–Kier alpha value is -9.84. The molecule has 5 saturated heterocycles. The van der Waals surface area contributed by atoms with Crippen LogP contribution in [0.15, 0.2) is 101 Å². The van der Waals surface area contributed by atoms with Gasteiger partial charge in [-0.15, -0.1) is 45.3 Å². The first-order chi connectivity index (χ1) is 56.1. The van der Waals surface area contributed by atoms with Crippen LogP contribution in [0.5, 0.6) is 28.7 Å². The fourth-order valence-corrected chi connectivity index (χ4v) is 17.9. The number of thiazole rings is 4. The number of aryl methyl sites for hydroxylation is 10. The molecular formula is C84H94N12O15S7. The van der Waals surface area contributed by atoms with Crippen LogP contribution in [0, 0.1) is 75.2 Å². The first-order valence-corrected chi connectivity index (χ1v) is 46.2. The number of nitrogens with zero attached hydrogens (tertiary/aromatic N) is 12. The summed E-state index contributed by atoms with van der Waals surface area (Å²) in [5.41, 5.74) is 11.0. The summed E-state index contributed by atoms with van der Waals surface area (Å²) in [5, 5.41) is 11.0. The highest BCUT2D eigenvalue weighted by atomic mass is 32.2. The monoisotopic (exact) mass is 1730 g/mol. The first kappa shape index (κ1) is 89.0. The van der Waals surface area contributed by atoms with Crippen LogP contribution in [0.2, 0.25) is 0 Å². The van der Waals surface area contributed by atoms with E-state index in [1.807, 2.05) is 139 Å². The molecule has 0 unspecified atom stereocenters. The van der Waals surface area contributed by atoms with Gasteiger partial charge in [-0.2, -0.15) is 11.8 Å². The predicted molar refractivity (Wildman–Crippen MR) is 456 cm³/mol. The van der Waals surface area contributed by atoms with Gasteiger partial charge in [-0.1, -0.05) is 19.9 Å². The lowest BCUT2D eigenvalue weighted by molar-refractivity contribution is -0.140. The zero-order chi connectivity index (χ0) is 84.6. The third-order valence-corrected chi connectivity index (χ3v) is 26.4. The lowest BCUT2D eigenvalue weighted by Gasteiger charge is -2.39. The van der Waals surface area contributed by atoms with Gasteiger partial charge in [0.05, 0.1) is 81.3 Å². The molecule has 0 aliphatic carbocycles. The van der Waals surface area contributed by atoms with Crippen LogP contribution in [-0.2, 0) is 62.3 Å². The van der Waals surface area contributed by atoms with Crippen molar-refractivity contribution in [1.29, 1.82) is 0 Å². The summed E-state index contributed by atoms with van der Waals surface area (Å²) in [6.07, 6.45) is 3.32. The zero-order valence-electron chi connectivity index (χ0n) is 67.9. The molecule has 5 aliphatic rings. The van der Waals surface area contributed by atoms with Gasteiger partial charge < -0.3 is 33.5 Å². The van der Waals surface area contributed by atoms with Gasteiger partial charge in [-0.3, -0.25) is 42.8 Å². The third kappa shape index (κ3) is 27.1. The van der Waals surface area contributed by atoms with Gasteiger partial charge >= 0.3 is 0 Å². The number of thioether (sulfide) groups is 1. The van der Waals surface area contributed by atoms with E-state index >= 15 is 0 Å². The number of hydrogen-bond donors (Lipinski definition) is 0. The number of rotatable bonds is 27. The summed E-state index contributed by atoms with van der Waals surface area (Å²) in [6.45, 7) is 26.7. The molecule has 0 aromatic carbocycles. The fraction of sp³-hybridized carbons (Fsp3) is 0.417. The van der Waals surface area contributed by atoms with Crippen molar-refractivity contribution < 1.29 is 69.9 Å². The van der Waals surface area contributed by atoms with Gasteiger partial charge in [0.1, 0.15) is 108 Å². The molecule has 5 fully saturated rings. The van der Waals surface area contributed by atoms with E-state index in [1.165, 1.54) is 45.3 Å². The van der Waals surface area contributed by atoms with E-state index in [0.29, 0.717) is 119 Å². The van der Waals surface area contributed by atoms with Gasteiger partial charge in [0.25, 0.3) is 0 Å². The molecule has 5 aliphatic heterocycles. The molecule has 0 bridgehead atoms. The van der Waals surface area contributed by atoms with Gasteiger partial charge in [-0.25, -0.2) is 53.3 Å². The van der Waals surface area contributed by atoms with Crippen LogP contribution < -0.4 is 23.7 Å². The smallest absolute Gasteiger partial charge is 0.223 e. The number of pyridine rings is 6. The number of amides is 2. The number of ketones is 5. The Balaban J connectivity index is 0.000000145. The van der Waals surface area contributed by atoms with Crippen molar-refractivity contribution in [2.75, 3.05) is 60.7 Å². The molecule has 15 heterocycles. The van der Waals surface area contributed by atoms with E-state index < -0.39 is 20.6 Å². The van der Waals surface area contributed by atoms with Gasteiger partial charge in [0.15, 0.2) is 38.8 Å². The van der Waals surface area contributed by atoms with Crippen molar-refractivity contribution >= 4 is 118 Å². The van der Waals surface area contributed by atoms with Crippen molar-refractivity contribution in [2.45, 2.75) is 159 Å². The highest BCUT2D eigenvalue weighted by molar-refractivity contribution is 8.00. The maximum atomic E-state index is 12.5. The maximum absolute atomic E-state index is 12.5. The molecule has 10 aromatic heterocycles. The molecular weight excluding hydrogens is 1640 g/mol. The molecule has 27 nitrogen and oxygen atoms in total. The SMILES string of the molecule is CC(=O)N1CC(Oc2cc(C)nc(C(=O)Cc3nc(C)cs3)c2)C1.Cc1cc(OC2CN(C(=O)CC(C)C)C2)cc(C(=O)Cc2nc(C)cs2)n1.Cc1cc(OC2CS(=O)C2)cc(C(=O)Cc2nc(C)cs2)n1.Cc1cc(OC2CSC2)cc(C(=O)Cc2nc(C)cs2)n1.Cc1ccc(CC(=O)c2cc(OC3CS(=O)(=O)C3)cc(C)n2)nc1. The van der Waals surface area contributed by atoms with E-state index in [9.17, 15) is 46.2 Å². The molecule has 0 spiro atoms. The van der Waals surface area contributed by atoms with E-state index in [2.05, 4.69) is 49.8 Å². The number of carbonyl (C=O) groups excluding carboxylic acids is 7. The standard InChI is InChI=1S/C20H25N3O3S.C17H19N3O3S.C17H18N2O4S.C15H16N2O3S2.C15H16N2O2S2/c1-12(2)5-20(25)23-9-16(10-23)26-15-6-13(3)21-17(7-15)18(24)8-19-22-14(4)11-27-19;1-10-4-13(23-14-7-20(8-14)12(3)21)5-15(18-10)16(22)6-17-19-11(2)9-24-17;1-11-3-4-13(18-8-11)6-17(20)16-7-14(5-12(2)19-16)23-15-9-24(21,22)10-15;1-9-3-11(20-12-7-22(19)8-12)4-13(16-9)14(18)5-15-17-10(2)6-21-15;1-9-3-11(19-12-7-20-8-12)4-13(16-9)14(18)5-15-17-10(2)6-21-15/h6-7,11-12,16H,5,8-10H2,1-4H3;4-5,9,14H,6-8H2,1-3H3;3-5,7-8,15H,6,9-10H2,1-2H3;3-4,6,12H,5,7-8H2,1-2H3;3-4,6,12H,5,7-8H2,1-2H3. The summed E-state index contributed by atoms with van der Waals surface area (Å²) < 4.78 is 62.6. The van der Waals surface area contributed by atoms with Gasteiger partial charge in [0.2, 0.25) is 11.8 Å². The predicted octanol–water partition coefficient (Wildman–Crippen LogP) is 12.3. The van der Waals surface area contributed by atoms with Crippen molar-refractivity contribution in [2.24, 2.45) is 5.92 Å². The van der Waals surface area contributed by atoms with Crippen LogP contribution in [0.3, 0.4) is 0 Å². The quantitative estimate of drug-likeness (QED) is 0.0432. The second kappa shape index (κ2) is 40.7. The molecule has 0 saturated carbocycles. The molecule has 34 heteroatoms. The highest BCUT2D eigenvalue weighted by Gasteiger charge is 2.37. The highest BCUT2D eigenvalue weighted by Crippen LogP contribution is 2.30. The maximum Gasteiger partial charge on any atom is 0.223 e. The van der Waals surface area contributed by atoms with Crippen LogP contribution in [0.25, 0.3) is 0 Å². The summed E-state index contributed by atoms with van der Waals surface area (Å²) in [4.78, 5) is 132. The topological polar surface area (TPSA) is 352 Å². The Bertz CT molecular complexity index is 5420. The number of ether oxygens (including phenoxy) is 5. The average Bonchev–Trinajstić information content (AvgIpc) is 1.03. The number of carbonyl (C=O) groups is 7. The van der Waals surface area contributed by atoms with Crippen LogP contribution >= 0.6 is 57.1 Å². The van der Waals surface area contributed by atoms with Crippen LogP contribution in [0.1, 0.15) is 162 Å². The van der Waals surface area contributed by atoms with E-state index in [4.69, 9.17) is 23.7 Å². The minimum atomic E-state index is -2.95. The molecule has 0 atom stereocenters. The minimum Gasteiger partial charge on any atom is -0.489 e. The minimum absolute atomic E-state index is 0.0131. The van der Waals surface area contributed by atoms with Crippen LogP contribution in [-0.4, -0.2) is 204 Å². The zero-order valence-corrected chi connectivity index (χ0v) is 73.7. The lowest BCUT2D eigenvalue weighted by Crippen LogP contribution is -2.56. The molecule has 0 N–H and O–H groups in total. The van der Waals surface area contributed by atoms with E-state index in [1.54, 1.807) is 73.5 Å². The van der Waals surface area contributed by atoms with E-state index in [0.717, 1.165) is 88.4 Å². The fourth-order valence-electron chi connectivity index (χ4n) is 12.2.